The van der Waals surface area contributed by atoms with E-state index in [2.05, 4.69) is 10.3 Å². The van der Waals surface area contributed by atoms with E-state index in [4.69, 9.17) is 21.7 Å². The standard InChI is InChI=1S/C23H26N4O4S/c1-30-20-5-3-2-4-17(20)15-27-22(29)18-7-6-16(14-19(18)25-23(27)32)21(28)24-8-9-26-10-12-31-13-11-26/h2-7,14H,8-13,15H2,1H3,(H,24,28)(H,25,32)/p+1. The third-order valence-corrected chi connectivity index (χ3v) is 6.05. The number of rotatable bonds is 7. The van der Waals surface area contributed by atoms with Gasteiger partial charge in [-0.3, -0.25) is 14.2 Å². The van der Waals surface area contributed by atoms with Crippen LogP contribution in [0.5, 0.6) is 5.75 Å². The molecule has 0 bridgehead atoms. The van der Waals surface area contributed by atoms with Crippen LogP contribution in [0.3, 0.4) is 0 Å². The molecule has 1 fully saturated rings. The number of quaternary nitrogens is 1. The van der Waals surface area contributed by atoms with Crippen LogP contribution < -0.4 is 20.5 Å². The van der Waals surface area contributed by atoms with Gasteiger partial charge in [-0.2, -0.15) is 0 Å². The van der Waals surface area contributed by atoms with E-state index in [0.717, 1.165) is 38.4 Å². The van der Waals surface area contributed by atoms with Gasteiger partial charge in [0, 0.05) is 11.1 Å². The monoisotopic (exact) mass is 455 g/mol. The van der Waals surface area contributed by atoms with Crippen LogP contribution in [-0.4, -0.2) is 62.0 Å². The molecule has 2 aromatic carbocycles. The third kappa shape index (κ3) is 4.90. The minimum absolute atomic E-state index is 0.169. The average Bonchev–Trinajstić information content (AvgIpc) is 2.82. The van der Waals surface area contributed by atoms with Crippen LogP contribution in [0.1, 0.15) is 15.9 Å². The van der Waals surface area contributed by atoms with Gasteiger partial charge in [0.1, 0.15) is 18.8 Å². The summed E-state index contributed by atoms with van der Waals surface area (Å²) in [6.07, 6.45) is 0. The van der Waals surface area contributed by atoms with Gasteiger partial charge in [-0.05, 0) is 36.5 Å². The number of methoxy groups -OCH3 is 1. The quantitative estimate of drug-likeness (QED) is 0.458. The Morgan fingerprint density at radius 3 is 2.81 bits per heavy atom. The molecular weight excluding hydrogens is 428 g/mol. The number of carbonyl (C=O) groups excluding carboxylic acids is 1. The summed E-state index contributed by atoms with van der Waals surface area (Å²) in [6, 6.07) is 12.5. The third-order valence-electron chi connectivity index (χ3n) is 5.73. The zero-order chi connectivity index (χ0) is 22.5. The molecule has 0 aliphatic carbocycles. The fourth-order valence-electron chi connectivity index (χ4n) is 3.91. The molecule has 1 aliphatic rings. The Kier molecular flexibility index (Phi) is 6.99. The van der Waals surface area contributed by atoms with Crippen molar-refractivity contribution in [1.82, 2.24) is 14.9 Å². The molecule has 1 saturated heterocycles. The molecule has 8 nitrogen and oxygen atoms in total. The van der Waals surface area contributed by atoms with Gasteiger partial charge in [0.25, 0.3) is 11.5 Å². The van der Waals surface area contributed by atoms with Crippen molar-refractivity contribution in [3.63, 3.8) is 0 Å². The van der Waals surface area contributed by atoms with Crippen LogP contribution in [-0.2, 0) is 11.3 Å². The van der Waals surface area contributed by atoms with Crippen LogP contribution in [0.25, 0.3) is 10.9 Å². The number of carbonyl (C=O) groups is 1. The predicted molar refractivity (Wildman–Crippen MR) is 124 cm³/mol. The second-order valence-corrected chi connectivity index (χ2v) is 8.15. The highest BCUT2D eigenvalue weighted by Gasteiger charge is 2.15. The normalized spacial score (nSPS) is 14.4. The van der Waals surface area contributed by atoms with Crippen molar-refractivity contribution in [3.05, 3.63) is 68.7 Å². The van der Waals surface area contributed by atoms with E-state index in [1.807, 2.05) is 24.3 Å². The number of ether oxygens (including phenoxy) is 2. The smallest absolute Gasteiger partial charge is 0.262 e. The fraction of sp³-hybridized carbons (Fsp3) is 0.348. The Morgan fingerprint density at radius 2 is 2.03 bits per heavy atom. The van der Waals surface area contributed by atoms with Gasteiger partial charge in [0.15, 0.2) is 4.77 Å². The highest BCUT2D eigenvalue weighted by atomic mass is 32.1. The van der Waals surface area contributed by atoms with E-state index in [9.17, 15) is 9.59 Å². The van der Waals surface area contributed by atoms with Crippen molar-refractivity contribution >= 4 is 29.0 Å². The molecule has 32 heavy (non-hydrogen) atoms. The lowest BCUT2D eigenvalue weighted by molar-refractivity contribution is -0.906. The number of hydrogen-bond donors (Lipinski definition) is 3. The summed E-state index contributed by atoms with van der Waals surface area (Å²) >= 11 is 5.45. The van der Waals surface area contributed by atoms with Crippen LogP contribution >= 0.6 is 12.2 Å². The first-order valence-corrected chi connectivity index (χ1v) is 11.1. The van der Waals surface area contributed by atoms with Crippen molar-refractivity contribution < 1.29 is 19.2 Å². The summed E-state index contributed by atoms with van der Waals surface area (Å²) in [5, 5.41) is 3.43. The number of benzene rings is 2. The van der Waals surface area contributed by atoms with E-state index in [0.29, 0.717) is 40.1 Å². The molecule has 0 radical (unpaired) electrons. The molecule has 0 unspecified atom stereocenters. The van der Waals surface area contributed by atoms with Gasteiger partial charge < -0.3 is 24.7 Å². The van der Waals surface area contributed by atoms with Gasteiger partial charge in [-0.15, -0.1) is 0 Å². The average molecular weight is 456 g/mol. The van der Waals surface area contributed by atoms with E-state index in [1.165, 1.54) is 9.47 Å². The van der Waals surface area contributed by atoms with Gasteiger partial charge in [0.2, 0.25) is 0 Å². The van der Waals surface area contributed by atoms with Crippen molar-refractivity contribution in [2.45, 2.75) is 6.54 Å². The number of hydrogen-bond acceptors (Lipinski definition) is 5. The molecule has 1 amide bonds. The molecule has 9 heteroatoms. The lowest BCUT2D eigenvalue weighted by Crippen LogP contribution is -3.14. The molecular formula is C23H27N4O4S+. The minimum Gasteiger partial charge on any atom is -0.496 e. The summed E-state index contributed by atoms with van der Waals surface area (Å²) in [5.74, 6) is 0.525. The Balaban J connectivity index is 1.52. The maximum atomic E-state index is 13.1. The zero-order valence-electron chi connectivity index (χ0n) is 18.0. The Bertz CT molecular complexity index is 1230. The highest BCUT2D eigenvalue weighted by Crippen LogP contribution is 2.18. The maximum Gasteiger partial charge on any atom is 0.262 e. The Morgan fingerprint density at radius 1 is 1.25 bits per heavy atom. The lowest BCUT2D eigenvalue weighted by Gasteiger charge is -2.23. The highest BCUT2D eigenvalue weighted by molar-refractivity contribution is 7.71. The van der Waals surface area contributed by atoms with Crippen molar-refractivity contribution in [1.29, 1.82) is 0 Å². The van der Waals surface area contributed by atoms with Crippen molar-refractivity contribution in [2.75, 3.05) is 46.5 Å². The van der Waals surface area contributed by atoms with Crippen molar-refractivity contribution in [2.24, 2.45) is 0 Å². The first kappa shape index (κ1) is 22.2. The topological polar surface area (TPSA) is 89.8 Å². The van der Waals surface area contributed by atoms with E-state index in [1.54, 1.807) is 25.3 Å². The van der Waals surface area contributed by atoms with E-state index in [-0.39, 0.29) is 11.5 Å². The lowest BCUT2D eigenvalue weighted by atomic mass is 10.1. The SMILES string of the molecule is COc1ccccc1Cn1c(=S)[nH]c2cc(C(=O)NCC[NH+]3CCOCC3)ccc2c1=O. The number of para-hydroxylation sites is 1. The number of aromatic nitrogens is 2. The first-order valence-electron chi connectivity index (χ1n) is 10.6. The maximum absolute atomic E-state index is 13.1. The van der Waals surface area contributed by atoms with Crippen LogP contribution in [0, 0.1) is 4.77 Å². The summed E-state index contributed by atoms with van der Waals surface area (Å²) in [4.78, 5) is 30.2. The Hall–Kier alpha value is -3.01. The number of amides is 1. The molecule has 3 N–H and O–H groups in total. The summed E-state index contributed by atoms with van der Waals surface area (Å²) in [5.41, 5.74) is 1.68. The number of nitrogens with one attached hydrogen (secondary N) is 3. The summed E-state index contributed by atoms with van der Waals surface area (Å²) in [6.45, 7) is 5.19. The molecule has 0 spiro atoms. The van der Waals surface area contributed by atoms with E-state index < -0.39 is 0 Å². The van der Waals surface area contributed by atoms with Crippen LogP contribution in [0.2, 0.25) is 0 Å². The number of nitrogens with zero attached hydrogens (tertiary/aromatic N) is 1. The zero-order valence-corrected chi connectivity index (χ0v) is 18.8. The molecule has 1 aromatic heterocycles. The van der Waals surface area contributed by atoms with Gasteiger partial charge >= 0.3 is 0 Å². The second-order valence-electron chi connectivity index (χ2n) is 7.76. The number of H-pyrrole nitrogens is 1. The van der Waals surface area contributed by atoms with Crippen LogP contribution in [0.4, 0.5) is 0 Å². The largest absolute Gasteiger partial charge is 0.496 e. The molecule has 3 aromatic rings. The molecule has 0 atom stereocenters. The number of aromatic amines is 1. The molecule has 0 saturated carbocycles. The summed E-state index contributed by atoms with van der Waals surface area (Å²) in [7, 11) is 1.59. The van der Waals surface area contributed by atoms with Crippen molar-refractivity contribution in [3.8, 4) is 5.75 Å². The predicted octanol–water partition coefficient (Wildman–Crippen LogP) is 0.761. The second kappa shape index (κ2) is 10.1. The first-order chi connectivity index (χ1) is 15.6. The minimum atomic E-state index is -0.211. The summed E-state index contributed by atoms with van der Waals surface area (Å²) < 4.78 is 12.5. The molecule has 168 valence electrons. The van der Waals surface area contributed by atoms with Gasteiger partial charge in [-0.1, -0.05) is 18.2 Å². The molecule has 4 rings (SSSR count). The molecule has 1 aliphatic heterocycles. The van der Waals surface area contributed by atoms with Crippen LogP contribution in [0.15, 0.2) is 47.3 Å². The molecule has 2 heterocycles. The van der Waals surface area contributed by atoms with E-state index >= 15 is 0 Å². The number of fused-ring (bicyclic) bond motifs is 1. The van der Waals surface area contributed by atoms with Gasteiger partial charge in [-0.25, -0.2) is 0 Å². The Labute approximate surface area is 190 Å². The fourth-order valence-corrected chi connectivity index (χ4v) is 4.17. The van der Waals surface area contributed by atoms with Gasteiger partial charge in [0.05, 0.1) is 50.9 Å². The number of morpholine rings is 1.